The van der Waals surface area contributed by atoms with Gasteiger partial charge in [-0.05, 0) is 50.5 Å². The number of H-pyrrole nitrogens is 1. The van der Waals surface area contributed by atoms with Crippen LogP contribution in [0.4, 0.5) is 5.69 Å². The molecule has 0 saturated carbocycles. The Morgan fingerprint density at radius 2 is 1.90 bits per heavy atom. The standard InChI is InChI=1S/C15H17ClN4O/c1-8-5-10(3)12(6-9(8)2)11(4)18-19-13-7-17-20-15(21)14(13)16/h5-7H,1-4H3,(H2,19,20,21)/b18-11-. The molecule has 0 unspecified atom stereocenters. The van der Waals surface area contributed by atoms with Crippen LogP contribution in [-0.4, -0.2) is 15.9 Å². The molecule has 0 aliphatic rings. The minimum Gasteiger partial charge on any atom is -0.275 e. The first kappa shape index (κ1) is 15.3. The molecule has 0 atom stereocenters. The molecule has 0 aliphatic carbocycles. The molecule has 2 aromatic rings. The Hall–Kier alpha value is -2.14. The molecule has 1 aromatic carbocycles. The quantitative estimate of drug-likeness (QED) is 0.676. The predicted molar refractivity (Wildman–Crippen MR) is 86.4 cm³/mol. The van der Waals surface area contributed by atoms with Gasteiger partial charge >= 0.3 is 0 Å². The first-order valence-corrected chi connectivity index (χ1v) is 6.89. The smallest absolute Gasteiger partial charge is 0.275 e. The molecule has 0 bridgehead atoms. The highest BCUT2D eigenvalue weighted by molar-refractivity contribution is 6.32. The number of hydrazone groups is 1. The monoisotopic (exact) mass is 304 g/mol. The third-order valence-electron chi connectivity index (χ3n) is 3.37. The summed E-state index contributed by atoms with van der Waals surface area (Å²) in [6.45, 7) is 8.09. The lowest BCUT2D eigenvalue weighted by Gasteiger charge is -2.10. The van der Waals surface area contributed by atoms with Gasteiger partial charge in [0.05, 0.1) is 11.9 Å². The average Bonchev–Trinajstić information content (AvgIpc) is 2.44. The number of anilines is 1. The Bertz CT molecular complexity index is 765. The topological polar surface area (TPSA) is 70.1 Å². The maximum absolute atomic E-state index is 11.4. The molecule has 110 valence electrons. The molecular formula is C15H17ClN4O. The number of rotatable bonds is 3. The van der Waals surface area contributed by atoms with Gasteiger partial charge in [-0.1, -0.05) is 17.7 Å². The molecule has 1 heterocycles. The zero-order valence-corrected chi connectivity index (χ0v) is 13.2. The second kappa shape index (κ2) is 6.10. The van der Waals surface area contributed by atoms with Crippen LogP contribution in [0.3, 0.4) is 0 Å². The van der Waals surface area contributed by atoms with E-state index in [2.05, 4.69) is 46.7 Å². The summed E-state index contributed by atoms with van der Waals surface area (Å²) in [6.07, 6.45) is 1.42. The molecule has 6 heteroatoms. The van der Waals surface area contributed by atoms with E-state index in [1.54, 1.807) is 0 Å². The van der Waals surface area contributed by atoms with Crippen molar-refractivity contribution in [1.82, 2.24) is 10.2 Å². The molecule has 0 radical (unpaired) electrons. The van der Waals surface area contributed by atoms with Gasteiger partial charge in [0.1, 0.15) is 10.7 Å². The number of hydrogen-bond acceptors (Lipinski definition) is 4. The van der Waals surface area contributed by atoms with E-state index in [9.17, 15) is 4.79 Å². The second-order valence-corrected chi connectivity index (χ2v) is 5.37. The summed E-state index contributed by atoms with van der Waals surface area (Å²) in [5.74, 6) is 0. The zero-order valence-electron chi connectivity index (χ0n) is 12.4. The molecule has 0 saturated heterocycles. The van der Waals surface area contributed by atoms with E-state index in [4.69, 9.17) is 11.6 Å². The van der Waals surface area contributed by atoms with Crippen LogP contribution in [-0.2, 0) is 0 Å². The van der Waals surface area contributed by atoms with Crippen molar-refractivity contribution < 1.29 is 0 Å². The Labute approximate surface area is 128 Å². The number of halogens is 1. The van der Waals surface area contributed by atoms with E-state index in [1.807, 2.05) is 13.8 Å². The fourth-order valence-electron chi connectivity index (χ4n) is 2.02. The van der Waals surface area contributed by atoms with Crippen LogP contribution < -0.4 is 11.0 Å². The maximum atomic E-state index is 11.4. The number of aromatic amines is 1. The van der Waals surface area contributed by atoms with Gasteiger partial charge in [0, 0.05) is 5.56 Å². The van der Waals surface area contributed by atoms with Crippen LogP contribution >= 0.6 is 11.6 Å². The second-order valence-electron chi connectivity index (χ2n) is 4.99. The van der Waals surface area contributed by atoms with Gasteiger partial charge in [-0.2, -0.15) is 10.2 Å². The summed E-state index contributed by atoms with van der Waals surface area (Å²) in [7, 11) is 0. The molecule has 2 rings (SSSR count). The lowest BCUT2D eigenvalue weighted by molar-refractivity contribution is 0.986. The van der Waals surface area contributed by atoms with Crippen molar-refractivity contribution in [3.63, 3.8) is 0 Å². The summed E-state index contributed by atoms with van der Waals surface area (Å²) in [6, 6.07) is 4.23. The van der Waals surface area contributed by atoms with Gasteiger partial charge in [0.2, 0.25) is 0 Å². The highest BCUT2D eigenvalue weighted by Crippen LogP contribution is 2.18. The van der Waals surface area contributed by atoms with Crippen LogP contribution in [0.2, 0.25) is 5.02 Å². The fourth-order valence-corrected chi connectivity index (χ4v) is 2.15. The highest BCUT2D eigenvalue weighted by Gasteiger charge is 2.07. The van der Waals surface area contributed by atoms with E-state index in [0.29, 0.717) is 5.69 Å². The summed E-state index contributed by atoms with van der Waals surface area (Å²) in [5.41, 5.74) is 8.19. The van der Waals surface area contributed by atoms with E-state index in [-0.39, 0.29) is 5.02 Å². The Balaban J connectivity index is 2.32. The summed E-state index contributed by atoms with van der Waals surface area (Å²) < 4.78 is 0. The van der Waals surface area contributed by atoms with Crippen molar-refractivity contribution in [3.05, 3.63) is 56.0 Å². The third kappa shape index (κ3) is 3.31. The number of aryl methyl sites for hydroxylation is 3. The van der Waals surface area contributed by atoms with Gasteiger partial charge in [-0.25, -0.2) is 5.10 Å². The Kier molecular flexibility index (Phi) is 4.43. The van der Waals surface area contributed by atoms with Crippen molar-refractivity contribution >= 4 is 23.0 Å². The van der Waals surface area contributed by atoms with Gasteiger partial charge in [0.15, 0.2) is 0 Å². The van der Waals surface area contributed by atoms with E-state index in [1.165, 1.54) is 17.3 Å². The van der Waals surface area contributed by atoms with Crippen LogP contribution in [0.1, 0.15) is 29.2 Å². The van der Waals surface area contributed by atoms with Crippen molar-refractivity contribution in [1.29, 1.82) is 0 Å². The zero-order chi connectivity index (χ0) is 15.6. The molecule has 1 aromatic heterocycles. The molecule has 0 fully saturated rings. The summed E-state index contributed by atoms with van der Waals surface area (Å²) >= 11 is 5.88. The van der Waals surface area contributed by atoms with Gasteiger partial charge in [-0.3, -0.25) is 10.2 Å². The Morgan fingerprint density at radius 3 is 2.62 bits per heavy atom. The number of benzene rings is 1. The van der Waals surface area contributed by atoms with Crippen molar-refractivity contribution in [2.45, 2.75) is 27.7 Å². The summed E-state index contributed by atoms with van der Waals surface area (Å²) in [5, 5.41) is 10.3. The molecule has 2 N–H and O–H groups in total. The lowest BCUT2D eigenvalue weighted by Crippen LogP contribution is -2.11. The van der Waals surface area contributed by atoms with Crippen LogP contribution in [0, 0.1) is 20.8 Å². The van der Waals surface area contributed by atoms with Gasteiger partial charge < -0.3 is 0 Å². The molecule has 5 nitrogen and oxygen atoms in total. The normalized spacial score (nSPS) is 11.6. The maximum Gasteiger partial charge on any atom is 0.285 e. The van der Waals surface area contributed by atoms with E-state index in [0.717, 1.165) is 16.8 Å². The van der Waals surface area contributed by atoms with Crippen LogP contribution in [0.15, 0.2) is 28.2 Å². The minimum absolute atomic E-state index is 0.0401. The highest BCUT2D eigenvalue weighted by atomic mass is 35.5. The largest absolute Gasteiger partial charge is 0.285 e. The predicted octanol–water partition coefficient (Wildman–Crippen LogP) is 3.18. The molecule has 21 heavy (non-hydrogen) atoms. The van der Waals surface area contributed by atoms with Crippen molar-refractivity contribution in [2.24, 2.45) is 5.10 Å². The van der Waals surface area contributed by atoms with Crippen LogP contribution in [0.25, 0.3) is 0 Å². The molecule has 0 aliphatic heterocycles. The van der Waals surface area contributed by atoms with Crippen LogP contribution in [0.5, 0.6) is 0 Å². The molecule has 0 amide bonds. The third-order valence-corrected chi connectivity index (χ3v) is 3.75. The van der Waals surface area contributed by atoms with E-state index >= 15 is 0 Å². The van der Waals surface area contributed by atoms with Crippen molar-refractivity contribution in [2.75, 3.05) is 5.43 Å². The molecule has 0 spiro atoms. The minimum atomic E-state index is -0.447. The SMILES string of the molecule is C/C(=N/Nc1cn[nH]c(=O)c1Cl)c1cc(C)c(C)cc1C. The number of hydrogen-bond donors (Lipinski definition) is 2. The van der Waals surface area contributed by atoms with E-state index < -0.39 is 5.56 Å². The first-order valence-electron chi connectivity index (χ1n) is 6.52. The van der Waals surface area contributed by atoms with Gasteiger partial charge in [0.25, 0.3) is 5.56 Å². The fraction of sp³-hybridized carbons (Fsp3) is 0.267. The average molecular weight is 305 g/mol. The molecular weight excluding hydrogens is 288 g/mol. The lowest BCUT2D eigenvalue weighted by atomic mass is 9.98. The Morgan fingerprint density at radius 1 is 1.24 bits per heavy atom. The first-order chi connectivity index (χ1) is 9.90. The number of nitrogens with zero attached hydrogens (tertiary/aromatic N) is 2. The van der Waals surface area contributed by atoms with Gasteiger partial charge in [-0.15, -0.1) is 0 Å². The number of aromatic nitrogens is 2. The number of nitrogens with one attached hydrogen (secondary N) is 2. The summed E-state index contributed by atoms with van der Waals surface area (Å²) in [4.78, 5) is 11.4. The van der Waals surface area contributed by atoms with Crippen molar-refractivity contribution in [3.8, 4) is 0 Å².